The van der Waals surface area contributed by atoms with Gasteiger partial charge < -0.3 is 15.1 Å². The summed E-state index contributed by atoms with van der Waals surface area (Å²) in [4.78, 5) is 39.6. The highest BCUT2D eigenvalue weighted by Gasteiger charge is 2.39. The molecule has 1 atom stereocenters. The Bertz CT molecular complexity index is 568. The van der Waals surface area contributed by atoms with E-state index >= 15 is 0 Å². The summed E-state index contributed by atoms with van der Waals surface area (Å²) in [5.74, 6) is -0.0632. The van der Waals surface area contributed by atoms with Gasteiger partial charge in [-0.25, -0.2) is 0 Å². The third-order valence-electron chi connectivity index (χ3n) is 5.07. The normalized spacial score (nSPS) is 22.0. The van der Waals surface area contributed by atoms with Crippen LogP contribution in [-0.2, 0) is 14.4 Å². The maximum absolute atomic E-state index is 12.4. The summed E-state index contributed by atoms with van der Waals surface area (Å²) in [5, 5.41) is 11.6. The van der Waals surface area contributed by atoms with E-state index < -0.39 is 0 Å². The summed E-state index contributed by atoms with van der Waals surface area (Å²) in [6.07, 6.45) is 1.87. The SMILES string of the molecule is CC(C)(C)N1CC(C(=O)NCC2CCN(C(=O)CC#N)CC2)CC1=O. The molecule has 2 aliphatic heterocycles. The smallest absolute Gasteiger partial charge is 0.236 e. The van der Waals surface area contributed by atoms with Crippen molar-refractivity contribution in [2.24, 2.45) is 11.8 Å². The number of amides is 3. The Balaban J connectivity index is 1.74. The Morgan fingerprint density at radius 3 is 2.44 bits per heavy atom. The van der Waals surface area contributed by atoms with E-state index in [0.717, 1.165) is 12.8 Å². The van der Waals surface area contributed by atoms with E-state index in [0.29, 0.717) is 32.1 Å². The number of hydrogen-bond donors (Lipinski definition) is 1. The van der Waals surface area contributed by atoms with Crippen LogP contribution < -0.4 is 5.32 Å². The summed E-state index contributed by atoms with van der Waals surface area (Å²) < 4.78 is 0. The number of nitrogens with zero attached hydrogens (tertiary/aromatic N) is 3. The maximum atomic E-state index is 12.4. The van der Waals surface area contributed by atoms with Gasteiger partial charge in [-0.1, -0.05) is 0 Å². The molecule has 1 N–H and O–H groups in total. The van der Waals surface area contributed by atoms with Crippen molar-refractivity contribution in [3.63, 3.8) is 0 Å². The van der Waals surface area contributed by atoms with Crippen molar-refractivity contribution in [3.8, 4) is 6.07 Å². The molecule has 138 valence electrons. The quantitative estimate of drug-likeness (QED) is 0.817. The fourth-order valence-electron chi connectivity index (χ4n) is 3.49. The lowest BCUT2D eigenvalue weighted by atomic mass is 9.96. The highest BCUT2D eigenvalue weighted by atomic mass is 16.2. The van der Waals surface area contributed by atoms with Gasteiger partial charge in [0.15, 0.2) is 0 Å². The zero-order chi connectivity index (χ0) is 18.6. The lowest BCUT2D eigenvalue weighted by Gasteiger charge is -2.32. The molecule has 0 aromatic heterocycles. The molecule has 0 aromatic rings. The number of nitrogens with one attached hydrogen (secondary N) is 1. The van der Waals surface area contributed by atoms with Crippen molar-refractivity contribution < 1.29 is 14.4 Å². The monoisotopic (exact) mass is 348 g/mol. The molecule has 2 fully saturated rings. The van der Waals surface area contributed by atoms with Crippen LogP contribution in [0, 0.1) is 23.2 Å². The van der Waals surface area contributed by atoms with Crippen molar-refractivity contribution in [2.75, 3.05) is 26.2 Å². The fourth-order valence-corrected chi connectivity index (χ4v) is 3.49. The second-order valence-corrected chi connectivity index (χ2v) is 7.98. The first-order valence-corrected chi connectivity index (χ1v) is 8.95. The summed E-state index contributed by atoms with van der Waals surface area (Å²) in [6.45, 7) is 8.28. The van der Waals surface area contributed by atoms with E-state index in [1.54, 1.807) is 9.80 Å². The molecule has 0 spiro atoms. The Morgan fingerprint density at radius 2 is 1.92 bits per heavy atom. The number of carbonyl (C=O) groups is 3. The Labute approximate surface area is 149 Å². The van der Waals surface area contributed by atoms with Crippen molar-refractivity contribution in [1.29, 1.82) is 5.26 Å². The zero-order valence-corrected chi connectivity index (χ0v) is 15.4. The molecule has 2 heterocycles. The van der Waals surface area contributed by atoms with Crippen LogP contribution >= 0.6 is 0 Å². The molecule has 1 unspecified atom stereocenters. The van der Waals surface area contributed by atoms with E-state index in [1.165, 1.54) is 0 Å². The van der Waals surface area contributed by atoms with Gasteiger partial charge in [-0.15, -0.1) is 0 Å². The van der Waals surface area contributed by atoms with E-state index in [-0.39, 0.29) is 42.0 Å². The number of carbonyl (C=O) groups excluding carboxylic acids is 3. The number of likely N-dealkylation sites (tertiary alicyclic amines) is 2. The van der Waals surface area contributed by atoms with Gasteiger partial charge >= 0.3 is 0 Å². The number of nitriles is 1. The minimum Gasteiger partial charge on any atom is -0.356 e. The van der Waals surface area contributed by atoms with Crippen LogP contribution in [0.3, 0.4) is 0 Å². The van der Waals surface area contributed by atoms with Gasteiger partial charge in [0.1, 0.15) is 6.42 Å². The van der Waals surface area contributed by atoms with E-state index in [1.807, 2.05) is 26.8 Å². The molecule has 7 nitrogen and oxygen atoms in total. The second kappa shape index (κ2) is 7.85. The minimum absolute atomic E-state index is 0.0389. The molecule has 0 bridgehead atoms. The lowest BCUT2D eigenvalue weighted by molar-refractivity contribution is -0.132. The average Bonchev–Trinajstić information content (AvgIpc) is 2.95. The molecular formula is C18H28N4O3. The van der Waals surface area contributed by atoms with Gasteiger partial charge in [0.05, 0.1) is 12.0 Å². The van der Waals surface area contributed by atoms with Crippen molar-refractivity contribution in [3.05, 3.63) is 0 Å². The van der Waals surface area contributed by atoms with Crippen LogP contribution in [0.5, 0.6) is 0 Å². The third-order valence-corrected chi connectivity index (χ3v) is 5.07. The van der Waals surface area contributed by atoms with Crippen molar-refractivity contribution >= 4 is 17.7 Å². The van der Waals surface area contributed by atoms with Gasteiger partial charge in [0, 0.05) is 38.1 Å². The Hall–Kier alpha value is -2.10. The van der Waals surface area contributed by atoms with Crippen LogP contribution in [0.15, 0.2) is 0 Å². The molecular weight excluding hydrogens is 320 g/mol. The topological polar surface area (TPSA) is 93.5 Å². The van der Waals surface area contributed by atoms with Crippen LogP contribution in [0.4, 0.5) is 0 Å². The van der Waals surface area contributed by atoms with Gasteiger partial charge in [0.2, 0.25) is 17.7 Å². The highest BCUT2D eigenvalue weighted by Crippen LogP contribution is 2.26. The van der Waals surface area contributed by atoms with Crippen molar-refractivity contribution in [2.45, 2.75) is 52.0 Å². The zero-order valence-electron chi connectivity index (χ0n) is 15.4. The van der Waals surface area contributed by atoms with Crippen LogP contribution in [0.2, 0.25) is 0 Å². The van der Waals surface area contributed by atoms with Gasteiger partial charge in [-0.2, -0.15) is 5.26 Å². The van der Waals surface area contributed by atoms with Crippen LogP contribution in [0.25, 0.3) is 0 Å². The molecule has 3 amide bonds. The molecule has 0 aliphatic carbocycles. The van der Waals surface area contributed by atoms with Crippen LogP contribution in [0.1, 0.15) is 46.5 Å². The fraction of sp³-hybridized carbons (Fsp3) is 0.778. The molecule has 2 saturated heterocycles. The molecule has 0 radical (unpaired) electrons. The van der Waals surface area contributed by atoms with Crippen LogP contribution in [-0.4, -0.2) is 59.2 Å². The number of hydrogen-bond acceptors (Lipinski definition) is 4. The molecule has 2 aliphatic rings. The van der Waals surface area contributed by atoms with Gasteiger partial charge in [-0.3, -0.25) is 14.4 Å². The first kappa shape index (κ1) is 19.2. The third kappa shape index (κ3) is 4.94. The van der Waals surface area contributed by atoms with E-state index in [2.05, 4.69) is 5.32 Å². The molecule has 2 rings (SSSR count). The molecule has 25 heavy (non-hydrogen) atoms. The Morgan fingerprint density at radius 1 is 1.28 bits per heavy atom. The van der Waals surface area contributed by atoms with Gasteiger partial charge in [-0.05, 0) is 39.5 Å². The van der Waals surface area contributed by atoms with Gasteiger partial charge in [0.25, 0.3) is 0 Å². The largest absolute Gasteiger partial charge is 0.356 e. The predicted octanol–water partition coefficient (Wildman–Crippen LogP) is 0.902. The molecule has 7 heteroatoms. The Kier molecular flexibility index (Phi) is 6.04. The summed E-state index contributed by atoms with van der Waals surface area (Å²) in [7, 11) is 0. The summed E-state index contributed by atoms with van der Waals surface area (Å²) in [6, 6.07) is 1.89. The summed E-state index contributed by atoms with van der Waals surface area (Å²) in [5.41, 5.74) is -0.255. The molecule has 0 aromatic carbocycles. The minimum atomic E-state index is -0.274. The van der Waals surface area contributed by atoms with E-state index in [4.69, 9.17) is 5.26 Å². The van der Waals surface area contributed by atoms with E-state index in [9.17, 15) is 14.4 Å². The highest BCUT2D eigenvalue weighted by molar-refractivity contribution is 5.89. The predicted molar refractivity (Wildman–Crippen MR) is 92.1 cm³/mol. The first-order chi connectivity index (χ1) is 11.7. The number of rotatable bonds is 4. The van der Waals surface area contributed by atoms with Crippen molar-refractivity contribution in [1.82, 2.24) is 15.1 Å². The maximum Gasteiger partial charge on any atom is 0.236 e. The molecule has 0 saturated carbocycles. The standard InChI is InChI=1S/C18H28N4O3/c1-18(2,3)22-12-14(10-16(22)24)17(25)20-11-13-5-8-21(9-6-13)15(23)4-7-19/h13-14H,4-6,8-12H2,1-3H3,(H,20,25). The summed E-state index contributed by atoms with van der Waals surface area (Å²) >= 11 is 0. The number of piperidine rings is 1. The average molecular weight is 348 g/mol. The lowest BCUT2D eigenvalue weighted by Crippen LogP contribution is -2.44. The second-order valence-electron chi connectivity index (χ2n) is 7.98. The first-order valence-electron chi connectivity index (χ1n) is 8.95.